The molecule has 8 heteroatoms. The third-order valence-corrected chi connectivity index (χ3v) is 8.13. The maximum atomic E-state index is 12.6. The van der Waals surface area contributed by atoms with Crippen LogP contribution in [0.4, 0.5) is 0 Å². The molecule has 1 aromatic carbocycles. The fraction of sp³-hybridized carbons (Fsp3) is 0.560. The predicted octanol–water partition coefficient (Wildman–Crippen LogP) is 3.42. The molecule has 0 amide bonds. The van der Waals surface area contributed by atoms with Crippen molar-refractivity contribution in [2.45, 2.75) is 63.7 Å². The van der Waals surface area contributed by atoms with Crippen molar-refractivity contribution in [2.24, 2.45) is 11.8 Å². The zero-order chi connectivity index (χ0) is 23.1. The summed E-state index contributed by atoms with van der Waals surface area (Å²) in [7, 11) is -3.23. The van der Waals surface area contributed by atoms with E-state index in [-0.39, 0.29) is 16.7 Å². The zero-order valence-corrected chi connectivity index (χ0v) is 19.9. The average molecular weight is 473 g/mol. The van der Waals surface area contributed by atoms with Crippen molar-refractivity contribution < 1.29 is 17.6 Å². The number of nitrogens with zero attached hydrogens (tertiary/aromatic N) is 1. The van der Waals surface area contributed by atoms with Crippen molar-refractivity contribution in [3.05, 3.63) is 63.7 Å². The summed E-state index contributed by atoms with van der Waals surface area (Å²) < 4.78 is 38.3. The molecular weight excluding hydrogens is 440 g/mol. The van der Waals surface area contributed by atoms with E-state index in [9.17, 15) is 13.2 Å². The first-order valence-electron chi connectivity index (χ1n) is 11.8. The fourth-order valence-corrected chi connectivity index (χ4v) is 6.64. The quantitative estimate of drug-likeness (QED) is 0.633. The van der Waals surface area contributed by atoms with Crippen LogP contribution in [0.15, 0.2) is 45.8 Å². The zero-order valence-electron chi connectivity index (χ0n) is 19.1. The summed E-state index contributed by atoms with van der Waals surface area (Å²) in [4.78, 5) is 14.8. The van der Waals surface area contributed by atoms with E-state index in [0.717, 1.165) is 51.6 Å². The molecule has 2 fully saturated rings. The van der Waals surface area contributed by atoms with Gasteiger partial charge in [0.25, 0.3) is 0 Å². The molecule has 2 aromatic rings. The molecule has 0 unspecified atom stereocenters. The Labute approximate surface area is 195 Å². The van der Waals surface area contributed by atoms with Gasteiger partial charge in [-0.2, -0.15) is 0 Å². The largest absolute Gasteiger partial charge is 0.486 e. The summed E-state index contributed by atoms with van der Waals surface area (Å²) in [6, 6.07) is 9.91. The van der Waals surface area contributed by atoms with Gasteiger partial charge in [0.05, 0.1) is 19.4 Å². The average Bonchev–Trinajstić information content (AvgIpc) is 3.54. The minimum atomic E-state index is -3.23. The summed E-state index contributed by atoms with van der Waals surface area (Å²) >= 11 is 0. The van der Waals surface area contributed by atoms with Gasteiger partial charge in [0, 0.05) is 24.7 Å². The number of hydrogen-bond acceptors (Lipinski definition) is 6. The third-order valence-electron chi connectivity index (χ3n) is 7.36. The highest BCUT2D eigenvalue weighted by molar-refractivity contribution is 7.88. The standard InChI is InChI=1S/C25H32N2O5S/c1-33(29,30)26-25(21-6-7-21)10-8-18(9-11-25)16-32-24-17-31-22(12-23(24)28)15-27-13-19-4-2-3-5-20(19)14-27/h2-5,12,17-18,21,26H,6-11,13-16H2,1H3. The Hall–Kier alpha value is -2.16. The maximum absolute atomic E-state index is 12.6. The van der Waals surface area contributed by atoms with Crippen LogP contribution in [0.25, 0.3) is 0 Å². The van der Waals surface area contributed by atoms with E-state index < -0.39 is 10.0 Å². The van der Waals surface area contributed by atoms with Gasteiger partial charge in [-0.1, -0.05) is 24.3 Å². The van der Waals surface area contributed by atoms with E-state index in [1.165, 1.54) is 29.7 Å². The van der Waals surface area contributed by atoms with E-state index in [2.05, 4.69) is 33.9 Å². The Kier molecular flexibility index (Phi) is 6.09. The molecule has 1 aliphatic heterocycles. The molecule has 0 saturated heterocycles. The van der Waals surface area contributed by atoms with Gasteiger partial charge in [-0.05, 0) is 61.5 Å². The van der Waals surface area contributed by atoms with Crippen LogP contribution in [0.3, 0.4) is 0 Å². The van der Waals surface area contributed by atoms with Gasteiger partial charge in [-0.3, -0.25) is 9.69 Å². The highest BCUT2D eigenvalue weighted by Crippen LogP contribution is 2.48. The fourth-order valence-electron chi connectivity index (χ4n) is 5.53. The number of hydrogen-bond donors (Lipinski definition) is 1. The van der Waals surface area contributed by atoms with Gasteiger partial charge in [0.1, 0.15) is 12.0 Å². The maximum Gasteiger partial charge on any atom is 0.227 e. The summed E-state index contributed by atoms with van der Waals surface area (Å²) in [6.07, 6.45) is 8.30. The Morgan fingerprint density at radius 3 is 2.36 bits per heavy atom. The lowest BCUT2D eigenvalue weighted by Crippen LogP contribution is -2.52. The van der Waals surface area contributed by atoms with Crippen molar-refractivity contribution in [2.75, 3.05) is 12.9 Å². The number of nitrogens with one attached hydrogen (secondary N) is 1. The second-order valence-electron chi connectivity index (χ2n) is 10.0. The summed E-state index contributed by atoms with van der Waals surface area (Å²) in [5, 5.41) is 0. The number of rotatable bonds is 8. The van der Waals surface area contributed by atoms with Crippen molar-refractivity contribution in [1.82, 2.24) is 9.62 Å². The van der Waals surface area contributed by atoms with Gasteiger partial charge >= 0.3 is 0 Å². The molecule has 2 saturated carbocycles. The van der Waals surface area contributed by atoms with E-state index in [1.807, 2.05) is 0 Å². The van der Waals surface area contributed by atoms with Crippen LogP contribution in [-0.2, 0) is 29.7 Å². The van der Waals surface area contributed by atoms with Crippen molar-refractivity contribution in [1.29, 1.82) is 0 Å². The minimum Gasteiger partial charge on any atom is -0.486 e. The number of ether oxygens (including phenoxy) is 1. The van der Waals surface area contributed by atoms with Gasteiger partial charge in [-0.15, -0.1) is 0 Å². The van der Waals surface area contributed by atoms with Crippen molar-refractivity contribution in [3.8, 4) is 5.75 Å². The Bertz CT molecular complexity index is 1140. The van der Waals surface area contributed by atoms with E-state index in [1.54, 1.807) is 0 Å². The van der Waals surface area contributed by atoms with Crippen LogP contribution in [0, 0.1) is 11.8 Å². The predicted molar refractivity (Wildman–Crippen MR) is 125 cm³/mol. The van der Waals surface area contributed by atoms with Gasteiger partial charge in [0.15, 0.2) is 0 Å². The first-order valence-corrected chi connectivity index (χ1v) is 13.7. The molecule has 0 atom stereocenters. The van der Waals surface area contributed by atoms with Crippen LogP contribution in [0.2, 0.25) is 0 Å². The van der Waals surface area contributed by atoms with Crippen LogP contribution in [0.1, 0.15) is 55.4 Å². The topological polar surface area (TPSA) is 88.8 Å². The van der Waals surface area contributed by atoms with Crippen molar-refractivity contribution in [3.63, 3.8) is 0 Å². The smallest absolute Gasteiger partial charge is 0.227 e. The molecular formula is C25H32N2O5S. The lowest BCUT2D eigenvalue weighted by Gasteiger charge is -2.40. The molecule has 2 aliphatic carbocycles. The van der Waals surface area contributed by atoms with E-state index in [4.69, 9.17) is 9.15 Å². The molecule has 1 N–H and O–H groups in total. The van der Waals surface area contributed by atoms with Gasteiger partial charge in [-0.25, -0.2) is 13.1 Å². The van der Waals surface area contributed by atoms with Crippen LogP contribution in [0.5, 0.6) is 5.75 Å². The summed E-state index contributed by atoms with van der Waals surface area (Å²) in [5.41, 5.74) is 2.20. The second kappa shape index (κ2) is 8.89. The molecule has 7 nitrogen and oxygen atoms in total. The number of benzene rings is 1. The van der Waals surface area contributed by atoms with Crippen LogP contribution in [-0.4, -0.2) is 31.7 Å². The van der Waals surface area contributed by atoms with E-state index >= 15 is 0 Å². The lowest BCUT2D eigenvalue weighted by atomic mass is 9.74. The SMILES string of the molecule is CS(=O)(=O)NC1(C2CC2)CCC(COc2coc(CN3Cc4ccccc4C3)cc2=O)CC1. The Morgan fingerprint density at radius 2 is 1.79 bits per heavy atom. The van der Waals surface area contributed by atoms with Gasteiger partial charge in [0.2, 0.25) is 21.2 Å². The summed E-state index contributed by atoms with van der Waals surface area (Å²) in [5.74, 6) is 1.65. The van der Waals surface area contributed by atoms with E-state index in [0.29, 0.717) is 30.7 Å². The molecule has 5 rings (SSSR count). The monoisotopic (exact) mass is 472 g/mol. The second-order valence-corrected chi connectivity index (χ2v) is 11.8. The number of sulfonamides is 1. The van der Waals surface area contributed by atoms with Crippen molar-refractivity contribution >= 4 is 10.0 Å². The first kappa shape index (κ1) is 22.6. The molecule has 33 heavy (non-hydrogen) atoms. The molecule has 0 spiro atoms. The number of fused-ring (bicyclic) bond motifs is 1. The Morgan fingerprint density at radius 1 is 1.12 bits per heavy atom. The Balaban J connectivity index is 1.13. The summed E-state index contributed by atoms with van der Waals surface area (Å²) in [6.45, 7) is 2.75. The third kappa shape index (κ3) is 5.34. The molecule has 178 valence electrons. The lowest BCUT2D eigenvalue weighted by molar-refractivity contribution is 0.142. The molecule has 0 radical (unpaired) electrons. The first-order chi connectivity index (χ1) is 15.8. The minimum absolute atomic E-state index is 0.158. The van der Waals surface area contributed by atoms with Gasteiger partial charge < -0.3 is 9.15 Å². The normalized spacial score (nSPS) is 25.7. The highest BCUT2D eigenvalue weighted by Gasteiger charge is 2.48. The molecule has 3 aliphatic rings. The highest BCUT2D eigenvalue weighted by atomic mass is 32.2. The molecule has 2 heterocycles. The molecule has 1 aromatic heterocycles. The van der Waals surface area contributed by atoms with Crippen LogP contribution < -0.4 is 14.9 Å². The van der Waals surface area contributed by atoms with Crippen LogP contribution >= 0.6 is 0 Å². The molecule has 0 bridgehead atoms.